The van der Waals surface area contributed by atoms with Crippen molar-refractivity contribution in [3.63, 3.8) is 0 Å². The van der Waals surface area contributed by atoms with Gasteiger partial charge in [0, 0.05) is 32.2 Å². The molecule has 1 rings (SSSR count). The van der Waals surface area contributed by atoms with E-state index < -0.39 is 10.0 Å². The van der Waals surface area contributed by atoms with E-state index in [0.717, 1.165) is 25.9 Å². The number of nitrogens with zero attached hydrogens (tertiary/aromatic N) is 2. The SMILES string of the molecule is CCC(CC)N1CCN(S(=O)(=O)CC)CC1. The van der Waals surface area contributed by atoms with Gasteiger partial charge in [-0.3, -0.25) is 4.90 Å². The molecule has 4 nitrogen and oxygen atoms in total. The molecule has 96 valence electrons. The lowest BCUT2D eigenvalue weighted by Crippen LogP contribution is -2.51. The Morgan fingerprint density at radius 2 is 1.50 bits per heavy atom. The van der Waals surface area contributed by atoms with Gasteiger partial charge in [0.25, 0.3) is 0 Å². The predicted octanol–water partition coefficient (Wildman–Crippen LogP) is 1.14. The van der Waals surface area contributed by atoms with Crippen molar-refractivity contribution in [3.8, 4) is 0 Å². The Balaban J connectivity index is 2.51. The first-order valence-corrected chi connectivity index (χ1v) is 7.87. The molecule has 0 aromatic heterocycles. The topological polar surface area (TPSA) is 40.6 Å². The van der Waals surface area contributed by atoms with E-state index in [9.17, 15) is 8.42 Å². The molecule has 5 heteroatoms. The minimum atomic E-state index is -2.98. The molecule has 16 heavy (non-hydrogen) atoms. The summed E-state index contributed by atoms with van der Waals surface area (Å²) in [7, 11) is -2.98. The zero-order valence-corrected chi connectivity index (χ0v) is 11.5. The zero-order valence-electron chi connectivity index (χ0n) is 10.6. The monoisotopic (exact) mass is 248 g/mol. The third-order valence-corrected chi connectivity index (χ3v) is 5.37. The van der Waals surface area contributed by atoms with E-state index in [0.29, 0.717) is 19.1 Å². The summed E-state index contributed by atoms with van der Waals surface area (Å²) >= 11 is 0. The van der Waals surface area contributed by atoms with Crippen molar-refractivity contribution in [1.82, 2.24) is 9.21 Å². The molecular formula is C11H24N2O2S. The standard InChI is InChI=1S/C11H24N2O2S/c1-4-11(5-2)12-7-9-13(10-8-12)16(14,15)6-3/h11H,4-10H2,1-3H3. The molecule has 0 radical (unpaired) electrons. The molecule has 0 bridgehead atoms. The molecule has 1 fully saturated rings. The first kappa shape index (κ1) is 13.9. The fraction of sp³-hybridized carbons (Fsp3) is 1.00. The highest BCUT2D eigenvalue weighted by Crippen LogP contribution is 2.14. The number of hydrogen-bond acceptors (Lipinski definition) is 3. The predicted molar refractivity (Wildman–Crippen MR) is 67.0 cm³/mol. The Morgan fingerprint density at radius 3 is 1.88 bits per heavy atom. The molecule has 1 aliphatic rings. The molecular weight excluding hydrogens is 224 g/mol. The summed E-state index contributed by atoms with van der Waals surface area (Å²) in [6, 6.07) is 0.617. The smallest absolute Gasteiger partial charge is 0.213 e. The molecule has 0 atom stereocenters. The Bertz CT molecular complexity index is 291. The summed E-state index contributed by atoms with van der Waals surface area (Å²) in [6.45, 7) is 9.19. The molecule has 0 amide bonds. The highest BCUT2D eigenvalue weighted by molar-refractivity contribution is 7.89. The van der Waals surface area contributed by atoms with Crippen LogP contribution in [0.4, 0.5) is 0 Å². The van der Waals surface area contributed by atoms with Crippen molar-refractivity contribution in [3.05, 3.63) is 0 Å². The van der Waals surface area contributed by atoms with E-state index in [1.807, 2.05) is 0 Å². The molecule has 1 aliphatic heterocycles. The van der Waals surface area contributed by atoms with Crippen LogP contribution in [-0.4, -0.2) is 55.6 Å². The van der Waals surface area contributed by atoms with Gasteiger partial charge in [-0.25, -0.2) is 8.42 Å². The molecule has 0 saturated carbocycles. The first-order chi connectivity index (χ1) is 7.55. The van der Waals surface area contributed by atoms with Gasteiger partial charge in [0.2, 0.25) is 10.0 Å². The Morgan fingerprint density at radius 1 is 1.00 bits per heavy atom. The van der Waals surface area contributed by atoms with E-state index in [-0.39, 0.29) is 5.75 Å². The Kier molecular flexibility index (Phi) is 5.21. The van der Waals surface area contributed by atoms with E-state index in [1.165, 1.54) is 0 Å². The van der Waals surface area contributed by atoms with Crippen LogP contribution < -0.4 is 0 Å². The van der Waals surface area contributed by atoms with Crippen molar-refractivity contribution >= 4 is 10.0 Å². The van der Waals surface area contributed by atoms with Crippen LogP contribution in [0.5, 0.6) is 0 Å². The fourth-order valence-electron chi connectivity index (χ4n) is 2.33. The van der Waals surface area contributed by atoms with Gasteiger partial charge in [-0.15, -0.1) is 0 Å². The van der Waals surface area contributed by atoms with Crippen molar-refractivity contribution in [2.24, 2.45) is 0 Å². The Labute approximate surface area is 99.7 Å². The molecule has 0 aromatic carbocycles. The van der Waals surface area contributed by atoms with Crippen LogP contribution in [0.1, 0.15) is 33.6 Å². The van der Waals surface area contributed by atoms with E-state index in [2.05, 4.69) is 18.7 Å². The fourth-order valence-corrected chi connectivity index (χ4v) is 3.42. The molecule has 0 aliphatic carbocycles. The summed E-state index contributed by atoms with van der Waals surface area (Å²) in [5, 5.41) is 0. The molecule has 0 N–H and O–H groups in total. The minimum Gasteiger partial charge on any atom is -0.298 e. The maximum absolute atomic E-state index is 11.7. The average molecular weight is 248 g/mol. The highest BCUT2D eigenvalue weighted by Gasteiger charge is 2.27. The minimum absolute atomic E-state index is 0.220. The average Bonchev–Trinajstić information content (AvgIpc) is 2.31. The summed E-state index contributed by atoms with van der Waals surface area (Å²) in [6.07, 6.45) is 2.30. The van der Waals surface area contributed by atoms with Crippen LogP contribution in [0, 0.1) is 0 Å². The van der Waals surface area contributed by atoms with Crippen LogP contribution in [0.25, 0.3) is 0 Å². The van der Waals surface area contributed by atoms with Gasteiger partial charge in [-0.2, -0.15) is 4.31 Å². The second-order valence-electron chi connectivity index (χ2n) is 4.31. The van der Waals surface area contributed by atoms with Gasteiger partial charge in [-0.1, -0.05) is 13.8 Å². The molecule has 1 saturated heterocycles. The van der Waals surface area contributed by atoms with Gasteiger partial charge in [-0.05, 0) is 19.8 Å². The zero-order chi connectivity index (χ0) is 12.2. The van der Waals surface area contributed by atoms with Crippen molar-refractivity contribution in [2.45, 2.75) is 39.7 Å². The largest absolute Gasteiger partial charge is 0.298 e. The maximum Gasteiger partial charge on any atom is 0.213 e. The lowest BCUT2D eigenvalue weighted by atomic mass is 10.1. The van der Waals surface area contributed by atoms with E-state index in [1.54, 1.807) is 11.2 Å². The number of sulfonamides is 1. The number of piperazine rings is 1. The number of hydrogen-bond donors (Lipinski definition) is 0. The highest BCUT2D eigenvalue weighted by atomic mass is 32.2. The van der Waals surface area contributed by atoms with E-state index in [4.69, 9.17) is 0 Å². The number of rotatable bonds is 5. The third kappa shape index (κ3) is 3.18. The quantitative estimate of drug-likeness (QED) is 0.732. The second kappa shape index (κ2) is 5.98. The maximum atomic E-state index is 11.7. The molecule has 0 unspecified atom stereocenters. The van der Waals surface area contributed by atoms with Crippen LogP contribution in [-0.2, 0) is 10.0 Å². The van der Waals surface area contributed by atoms with Crippen molar-refractivity contribution < 1.29 is 8.42 Å². The van der Waals surface area contributed by atoms with Gasteiger partial charge >= 0.3 is 0 Å². The lowest BCUT2D eigenvalue weighted by molar-refractivity contribution is 0.130. The van der Waals surface area contributed by atoms with Gasteiger partial charge in [0.1, 0.15) is 0 Å². The van der Waals surface area contributed by atoms with Gasteiger partial charge in [0.15, 0.2) is 0 Å². The molecule has 0 spiro atoms. The molecule has 0 aromatic rings. The van der Waals surface area contributed by atoms with E-state index >= 15 is 0 Å². The van der Waals surface area contributed by atoms with Crippen molar-refractivity contribution in [2.75, 3.05) is 31.9 Å². The second-order valence-corrected chi connectivity index (χ2v) is 6.56. The third-order valence-electron chi connectivity index (χ3n) is 3.49. The van der Waals surface area contributed by atoms with Crippen LogP contribution >= 0.6 is 0 Å². The summed E-state index contributed by atoms with van der Waals surface area (Å²) in [5.74, 6) is 0.220. The molecule has 1 heterocycles. The van der Waals surface area contributed by atoms with Crippen molar-refractivity contribution in [1.29, 1.82) is 0 Å². The van der Waals surface area contributed by atoms with Crippen LogP contribution in [0.3, 0.4) is 0 Å². The summed E-state index contributed by atoms with van der Waals surface area (Å²) in [4.78, 5) is 2.42. The van der Waals surface area contributed by atoms with Crippen LogP contribution in [0.15, 0.2) is 0 Å². The summed E-state index contributed by atoms with van der Waals surface area (Å²) in [5.41, 5.74) is 0. The summed E-state index contributed by atoms with van der Waals surface area (Å²) < 4.78 is 25.0. The first-order valence-electron chi connectivity index (χ1n) is 6.27. The van der Waals surface area contributed by atoms with Crippen LogP contribution in [0.2, 0.25) is 0 Å². The lowest BCUT2D eigenvalue weighted by Gasteiger charge is -2.38. The van der Waals surface area contributed by atoms with Gasteiger partial charge < -0.3 is 0 Å². The normalized spacial score (nSPS) is 20.5. The Hall–Kier alpha value is -0.130. The van der Waals surface area contributed by atoms with Gasteiger partial charge in [0.05, 0.1) is 5.75 Å².